The van der Waals surface area contributed by atoms with E-state index in [0.29, 0.717) is 44.1 Å². The molecule has 0 atom stereocenters. The summed E-state index contributed by atoms with van der Waals surface area (Å²) in [7, 11) is 4.49. The minimum absolute atomic E-state index is 0.0859. The quantitative estimate of drug-likeness (QED) is 0.610. The molecule has 0 radical (unpaired) electrons. The summed E-state index contributed by atoms with van der Waals surface area (Å²) < 4.78 is 21.2. The lowest BCUT2D eigenvalue weighted by molar-refractivity contribution is 0.324. The molecule has 0 bridgehead atoms. The van der Waals surface area contributed by atoms with E-state index in [4.69, 9.17) is 41.8 Å². The molecule has 3 aromatic rings. The Morgan fingerprint density at radius 3 is 2.15 bits per heavy atom. The van der Waals surface area contributed by atoms with Crippen molar-refractivity contribution in [2.24, 2.45) is 0 Å². The number of halogens is 2. The highest BCUT2D eigenvalue weighted by Gasteiger charge is 2.17. The zero-order valence-corrected chi connectivity index (χ0v) is 16.2. The van der Waals surface area contributed by atoms with Crippen molar-refractivity contribution in [1.29, 1.82) is 0 Å². The molecular formula is C19H15Cl2NO5. The summed E-state index contributed by atoms with van der Waals surface area (Å²) in [5.74, 6) is 1.32. The van der Waals surface area contributed by atoms with Gasteiger partial charge in [0.1, 0.15) is 0 Å². The minimum Gasteiger partial charge on any atom is -0.493 e. The molecule has 2 aromatic carbocycles. The van der Waals surface area contributed by atoms with Crippen LogP contribution in [-0.4, -0.2) is 26.3 Å². The van der Waals surface area contributed by atoms with Crippen LogP contribution < -0.4 is 19.8 Å². The topological polar surface area (TPSA) is 70.8 Å². The van der Waals surface area contributed by atoms with Crippen molar-refractivity contribution < 1.29 is 18.6 Å². The third-order valence-corrected chi connectivity index (χ3v) is 4.34. The zero-order chi connectivity index (χ0) is 19.6. The first-order valence-electron chi connectivity index (χ1n) is 7.74. The van der Waals surface area contributed by atoms with Gasteiger partial charge in [-0.1, -0.05) is 23.2 Å². The average molecular weight is 408 g/mol. The molecular weight excluding hydrogens is 393 g/mol. The first-order valence-corrected chi connectivity index (χ1v) is 8.50. The van der Waals surface area contributed by atoms with Gasteiger partial charge in [0, 0.05) is 16.1 Å². The van der Waals surface area contributed by atoms with E-state index in [1.165, 1.54) is 27.4 Å². The van der Waals surface area contributed by atoms with E-state index in [2.05, 4.69) is 4.98 Å². The lowest BCUT2D eigenvalue weighted by Crippen LogP contribution is -2.03. The predicted octanol–water partition coefficient (Wildman–Crippen LogP) is 4.70. The standard InChI is InChI=1S/C19H15Cl2NO5/c1-24-15-6-10(7-16(25-2)18(15)26-3)19-22-14(9-17(23)27-19)12-5-4-11(20)8-13(12)21/h4-9H,1-3H3. The van der Waals surface area contributed by atoms with Gasteiger partial charge in [-0.15, -0.1) is 0 Å². The summed E-state index contributed by atoms with van der Waals surface area (Å²) in [5, 5.41) is 0.855. The van der Waals surface area contributed by atoms with Crippen LogP contribution in [0.1, 0.15) is 0 Å². The SMILES string of the molecule is COc1cc(-c2nc(-c3ccc(Cl)cc3Cl)cc(=O)o2)cc(OC)c1OC. The number of rotatable bonds is 5. The van der Waals surface area contributed by atoms with Gasteiger partial charge in [0.2, 0.25) is 11.6 Å². The summed E-state index contributed by atoms with van der Waals surface area (Å²) in [5.41, 5.74) is 0.822. The van der Waals surface area contributed by atoms with Crippen LogP contribution in [0.15, 0.2) is 45.6 Å². The molecule has 0 aliphatic rings. The van der Waals surface area contributed by atoms with Gasteiger partial charge < -0.3 is 18.6 Å². The van der Waals surface area contributed by atoms with Crippen molar-refractivity contribution in [3.8, 4) is 40.0 Å². The maximum atomic E-state index is 12.1. The molecule has 0 aliphatic carbocycles. The second-order valence-corrected chi connectivity index (χ2v) is 6.25. The van der Waals surface area contributed by atoms with Crippen molar-refractivity contribution in [2.75, 3.05) is 21.3 Å². The summed E-state index contributed by atoms with van der Waals surface area (Å²) in [6.07, 6.45) is 0. The minimum atomic E-state index is -0.574. The first kappa shape index (κ1) is 19.1. The van der Waals surface area contributed by atoms with Gasteiger partial charge >= 0.3 is 5.63 Å². The molecule has 0 saturated carbocycles. The highest BCUT2D eigenvalue weighted by molar-refractivity contribution is 6.36. The van der Waals surface area contributed by atoms with Crippen molar-refractivity contribution >= 4 is 23.2 Å². The molecule has 6 nitrogen and oxygen atoms in total. The van der Waals surface area contributed by atoms with Gasteiger partial charge in [-0.2, -0.15) is 0 Å². The van der Waals surface area contributed by atoms with Gasteiger partial charge in [0.25, 0.3) is 0 Å². The van der Waals surface area contributed by atoms with Gasteiger partial charge in [-0.3, -0.25) is 0 Å². The number of benzene rings is 2. The lowest BCUT2D eigenvalue weighted by Gasteiger charge is -2.13. The number of hydrogen-bond acceptors (Lipinski definition) is 6. The summed E-state index contributed by atoms with van der Waals surface area (Å²) >= 11 is 12.2. The maximum absolute atomic E-state index is 12.1. The summed E-state index contributed by atoms with van der Waals surface area (Å²) in [6, 6.07) is 9.47. The number of hydrogen-bond donors (Lipinski definition) is 0. The molecule has 0 spiro atoms. The third kappa shape index (κ3) is 3.86. The molecule has 27 heavy (non-hydrogen) atoms. The van der Waals surface area contributed by atoms with Crippen LogP contribution in [0, 0.1) is 0 Å². The van der Waals surface area contributed by atoms with Crippen LogP contribution in [-0.2, 0) is 0 Å². The number of ether oxygens (including phenoxy) is 3. The average Bonchev–Trinajstić information content (AvgIpc) is 2.66. The normalized spacial score (nSPS) is 10.6. The smallest absolute Gasteiger partial charge is 0.339 e. The molecule has 8 heteroatoms. The summed E-state index contributed by atoms with van der Waals surface area (Å²) in [4.78, 5) is 16.5. The Morgan fingerprint density at radius 1 is 0.926 bits per heavy atom. The van der Waals surface area contributed by atoms with E-state index < -0.39 is 5.63 Å². The first-order chi connectivity index (χ1) is 13.0. The predicted molar refractivity (Wildman–Crippen MR) is 103 cm³/mol. The monoisotopic (exact) mass is 407 g/mol. The van der Waals surface area contributed by atoms with E-state index in [-0.39, 0.29) is 5.89 Å². The zero-order valence-electron chi connectivity index (χ0n) is 14.7. The Morgan fingerprint density at radius 2 is 1.59 bits per heavy atom. The Bertz CT molecular complexity index is 1020. The van der Waals surface area contributed by atoms with E-state index in [1.54, 1.807) is 30.3 Å². The molecule has 0 fully saturated rings. The van der Waals surface area contributed by atoms with E-state index >= 15 is 0 Å². The number of nitrogens with zero attached hydrogens (tertiary/aromatic N) is 1. The van der Waals surface area contributed by atoms with Crippen LogP contribution in [0.2, 0.25) is 10.0 Å². The van der Waals surface area contributed by atoms with Crippen molar-refractivity contribution in [2.45, 2.75) is 0 Å². The van der Waals surface area contributed by atoms with E-state index in [1.807, 2.05) is 0 Å². The van der Waals surface area contributed by atoms with E-state index in [0.717, 1.165) is 0 Å². The Labute approximate surface area is 165 Å². The highest BCUT2D eigenvalue weighted by atomic mass is 35.5. The Hall–Kier alpha value is -2.70. The molecule has 0 N–H and O–H groups in total. The molecule has 140 valence electrons. The van der Waals surface area contributed by atoms with Gasteiger partial charge in [0.05, 0.1) is 38.1 Å². The lowest BCUT2D eigenvalue weighted by atomic mass is 10.1. The summed E-state index contributed by atoms with van der Waals surface area (Å²) in [6.45, 7) is 0. The van der Waals surface area contributed by atoms with Crippen LogP contribution in [0.3, 0.4) is 0 Å². The maximum Gasteiger partial charge on any atom is 0.339 e. The highest BCUT2D eigenvalue weighted by Crippen LogP contribution is 2.41. The van der Waals surface area contributed by atoms with Crippen LogP contribution in [0.5, 0.6) is 17.2 Å². The molecule has 3 rings (SSSR count). The van der Waals surface area contributed by atoms with Crippen LogP contribution >= 0.6 is 23.2 Å². The van der Waals surface area contributed by atoms with Crippen molar-refractivity contribution in [3.05, 3.63) is 56.9 Å². The third-order valence-electron chi connectivity index (χ3n) is 3.79. The van der Waals surface area contributed by atoms with Gasteiger partial charge in [-0.25, -0.2) is 9.78 Å². The Kier molecular flexibility index (Phi) is 5.58. The fourth-order valence-electron chi connectivity index (χ4n) is 2.56. The second-order valence-electron chi connectivity index (χ2n) is 5.41. The fraction of sp³-hybridized carbons (Fsp3) is 0.158. The van der Waals surface area contributed by atoms with Gasteiger partial charge in [0.15, 0.2) is 11.5 Å². The Balaban J connectivity index is 2.19. The molecule has 0 amide bonds. The van der Waals surface area contributed by atoms with E-state index in [9.17, 15) is 4.79 Å². The van der Waals surface area contributed by atoms with Crippen molar-refractivity contribution in [1.82, 2.24) is 4.98 Å². The van der Waals surface area contributed by atoms with Crippen LogP contribution in [0.4, 0.5) is 0 Å². The molecule has 0 aliphatic heterocycles. The largest absolute Gasteiger partial charge is 0.493 e. The van der Waals surface area contributed by atoms with Crippen LogP contribution in [0.25, 0.3) is 22.7 Å². The number of methoxy groups -OCH3 is 3. The second kappa shape index (κ2) is 7.90. The molecule has 1 heterocycles. The molecule has 1 aromatic heterocycles. The number of aromatic nitrogens is 1. The van der Waals surface area contributed by atoms with Gasteiger partial charge in [-0.05, 0) is 30.3 Å². The molecule has 0 saturated heterocycles. The fourth-order valence-corrected chi connectivity index (χ4v) is 3.07. The van der Waals surface area contributed by atoms with Crippen molar-refractivity contribution in [3.63, 3.8) is 0 Å². The molecule has 0 unspecified atom stereocenters.